The second-order valence-electron chi connectivity index (χ2n) is 7.58. The van der Waals surface area contributed by atoms with E-state index in [1.807, 2.05) is 24.3 Å². The van der Waals surface area contributed by atoms with Gasteiger partial charge < -0.3 is 15.5 Å². The second-order valence-corrected chi connectivity index (χ2v) is 7.58. The van der Waals surface area contributed by atoms with E-state index < -0.39 is 0 Å². The molecule has 3 aromatic rings. The van der Waals surface area contributed by atoms with Crippen molar-refractivity contribution in [3.8, 4) is 0 Å². The van der Waals surface area contributed by atoms with Gasteiger partial charge in [-0.25, -0.2) is 0 Å². The summed E-state index contributed by atoms with van der Waals surface area (Å²) in [5, 5.41) is 9.35. The van der Waals surface area contributed by atoms with Gasteiger partial charge in [-0.1, -0.05) is 54.6 Å². The van der Waals surface area contributed by atoms with Gasteiger partial charge in [0.05, 0.1) is 6.04 Å². The van der Waals surface area contributed by atoms with Gasteiger partial charge in [-0.2, -0.15) is 0 Å². The van der Waals surface area contributed by atoms with Crippen LogP contribution in [0.2, 0.25) is 0 Å². The number of aliphatic imine (C=N–C) groups is 1. The van der Waals surface area contributed by atoms with E-state index in [0.29, 0.717) is 5.56 Å². The second kappa shape index (κ2) is 9.92. The number of carbonyl (C=O) groups is 1. The molecule has 1 unspecified atom stereocenters. The van der Waals surface area contributed by atoms with Crippen LogP contribution in [-0.2, 0) is 6.42 Å². The van der Waals surface area contributed by atoms with Crippen molar-refractivity contribution in [2.45, 2.75) is 19.4 Å². The Bertz CT molecular complexity index is 1040. The summed E-state index contributed by atoms with van der Waals surface area (Å²) >= 11 is 0. The number of rotatable bonds is 6. The summed E-state index contributed by atoms with van der Waals surface area (Å²) in [5.74, 6) is 0.780. The molecule has 30 heavy (non-hydrogen) atoms. The van der Waals surface area contributed by atoms with Crippen LogP contribution < -0.4 is 10.6 Å². The van der Waals surface area contributed by atoms with Crippen molar-refractivity contribution in [3.05, 3.63) is 83.4 Å². The molecule has 0 saturated heterocycles. The molecule has 156 valence electrons. The minimum absolute atomic E-state index is 0.0196. The average Bonchev–Trinajstić information content (AvgIpc) is 2.77. The highest BCUT2D eigenvalue weighted by atomic mass is 16.2. The first kappa shape index (κ1) is 21.4. The third kappa shape index (κ3) is 5.17. The molecule has 0 spiro atoms. The Kier molecular flexibility index (Phi) is 7.07. The van der Waals surface area contributed by atoms with Gasteiger partial charge in [0.1, 0.15) is 0 Å². The Labute approximate surface area is 178 Å². The van der Waals surface area contributed by atoms with Gasteiger partial charge in [0, 0.05) is 33.3 Å². The molecule has 0 saturated carbocycles. The van der Waals surface area contributed by atoms with E-state index in [1.54, 1.807) is 26.0 Å². The Morgan fingerprint density at radius 3 is 2.53 bits per heavy atom. The molecule has 0 heterocycles. The lowest BCUT2D eigenvalue weighted by atomic mass is 10.00. The smallest absolute Gasteiger partial charge is 0.253 e. The van der Waals surface area contributed by atoms with Crippen molar-refractivity contribution in [2.75, 3.05) is 27.7 Å². The van der Waals surface area contributed by atoms with Crippen molar-refractivity contribution in [1.82, 2.24) is 15.5 Å². The number of hydrogen-bond acceptors (Lipinski definition) is 2. The normalized spacial score (nSPS) is 12.5. The molecule has 0 aromatic heterocycles. The zero-order chi connectivity index (χ0) is 21.5. The molecule has 0 aliphatic heterocycles. The van der Waals surface area contributed by atoms with Crippen LogP contribution >= 0.6 is 0 Å². The lowest BCUT2D eigenvalue weighted by molar-refractivity contribution is 0.0827. The van der Waals surface area contributed by atoms with Crippen molar-refractivity contribution < 1.29 is 4.79 Å². The number of carbonyl (C=O) groups excluding carboxylic acids is 1. The molecule has 3 rings (SSSR count). The summed E-state index contributed by atoms with van der Waals surface area (Å²) in [4.78, 5) is 18.1. The molecule has 5 nitrogen and oxygen atoms in total. The van der Waals surface area contributed by atoms with Gasteiger partial charge in [0.2, 0.25) is 0 Å². The molecule has 0 aliphatic carbocycles. The standard InChI is InChI=1S/C25H30N4O/c1-18(22-14-8-11-20-10-5-6-13-23(20)22)28-25(26-2)27-16-15-19-9-7-12-21(17-19)24(30)29(3)4/h5-14,17-18H,15-16H2,1-4H3,(H2,26,27,28). The van der Waals surface area contributed by atoms with Crippen molar-refractivity contribution in [1.29, 1.82) is 0 Å². The Balaban J connectivity index is 1.60. The van der Waals surface area contributed by atoms with Gasteiger partial charge >= 0.3 is 0 Å². The highest BCUT2D eigenvalue weighted by molar-refractivity contribution is 5.94. The van der Waals surface area contributed by atoms with Gasteiger partial charge in [0.25, 0.3) is 5.91 Å². The molecule has 2 N–H and O–H groups in total. The van der Waals surface area contributed by atoms with Crippen LogP contribution in [0.5, 0.6) is 0 Å². The Morgan fingerprint density at radius 1 is 1.03 bits per heavy atom. The van der Waals surface area contributed by atoms with Crippen LogP contribution in [0, 0.1) is 0 Å². The lowest BCUT2D eigenvalue weighted by Crippen LogP contribution is -2.39. The van der Waals surface area contributed by atoms with Crippen LogP contribution in [0.1, 0.15) is 34.5 Å². The van der Waals surface area contributed by atoms with Crippen LogP contribution in [0.3, 0.4) is 0 Å². The first-order valence-electron chi connectivity index (χ1n) is 10.2. The summed E-state index contributed by atoms with van der Waals surface area (Å²) < 4.78 is 0. The number of hydrogen-bond donors (Lipinski definition) is 2. The zero-order valence-electron chi connectivity index (χ0n) is 18.1. The number of nitrogens with one attached hydrogen (secondary N) is 2. The van der Waals surface area contributed by atoms with Crippen LogP contribution in [0.25, 0.3) is 10.8 Å². The number of nitrogens with zero attached hydrogens (tertiary/aromatic N) is 2. The van der Waals surface area contributed by atoms with E-state index >= 15 is 0 Å². The first-order chi connectivity index (χ1) is 14.5. The van der Waals surface area contributed by atoms with E-state index in [2.05, 4.69) is 65.0 Å². The van der Waals surface area contributed by atoms with Crippen molar-refractivity contribution >= 4 is 22.6 Å². The fraction of sp³-hybridized carbons (Fsp3) is 0.280. The third-order valence-electron chi connectivity index (χ3n) is 5.15. The minimum atomic E-state index is 0.0196. The fourth-order valence-corrected chi connectivity index (χ4v) is 3.55. The third-order valence-corrected chi connectivity index (χ3v) is 5.15. The fourth-order valence-electron chi connectivity index (χ4n) is 3.55. The van der Waals surface area contributed by atoms with Crippen LogP contribution in [0.15, 0.2) is 71.7 Å². The van der Waals surface area contributed by atoms with Crippen molar-refractivity contribution in [2.24, 2.45) is 4.99 Å². The number of guanidine groups is 1. The molecular weight excluding hydrogens is 372 g/mol. The quantitative estimate of drug-likeness (QED) is 0.484. The largest absolute Gasteiger partial charge is 0.356 e. The number of amides is 1. The van der Waals surface area contributed by atoms with E-state index in [-0.39, 0.29) is 11.9 Å². The summed E-state index contributed by atoms with van der Waals surface area (Å²) in [5.41, 5.74) is 3.07. The lowest BCUT2D eigenvalue weighted by Gasteiger charge is -2.20. The molecule has 1 amide bonds. The predicted octanol–water partition coefficient (Wildman–Crippen LogP) is 4.01. The Hall–Kier alpha value is -3.34. The van der Waals surface area contributed by atoms with Crippen LogP contribution in [0.4, 0.5) is 0 Å². The maximum atomic E-state index is 12.2. The topological polar surface area (TPSA) is 56.7 Å². The molecular formula is C25H30N4O. The summed E-state index contributed by atoms with van der Waals surface area (Å²) in [6, 6.07) is 22.7. The molecule has 5 heteroatoms. The van der Waals surface area contributed by atoms with E-state index in [1.165, 1.54) is 16.3 Å². The van der Waals surface area contributed by atoms with E-state index in [0.717, 1.165) is 24.5 Å². The molecule has 0 radical (unpaired) electrons. The summed E-state index contributed by atoms with van der Waals surface area (Å²) in [7, 11) is 5.31. The highest BCUT2D eigenvalue weighted by Crippen LogP contribution is 2.23. The molecule has 1 atom stereocenters. The number of benzene rings is 3. The van der Waals surface area contributed by atoms with Gasteiger partial charge in [-0.15, -0.1) is 0 Å². The minimum Gasteiger partial charge on any atom is -0.356 e. The molecule has 0 bridgehead atoms. The zero-order valence-corrected chi connectivity index (χ0v) is 18.1. The summed E-state index contributed by atoms with van der Waals surface area (Å²) in [6.45, 7) is 2.87. The van der Waals surface area contributed by atoms with Crippen molar-refractivity contribution in [3.63, 3.8) is 0 Å². The van der Waals surface area contributed by atoms with Gasteiger partial charge in [-0.05, 0) is 47.4 Å². The van der Waals surface area contributed by atoms with Gasteiger partial charge in [-0.3, -0.25) is 9.79 Å². The molecule has 0 aliphatic rings. The first-order valence-corrected chi connectivity index (χ1v) is 10.2. The molecule has 0 fully saturated rings. The van der Waals surface area contributed by atoms with Gasteiger partial charge in [0.15, 0.2) is 5.96 Å². The number of fused-ring (bicyclic) bond motifs is 1. The maximum Gasteiger partial charge on any atom is 0.253 e. The predicted molar refractivity (Wildman–Crippen MR) is 125 cm³/mol. The van der Waals surface area contributed by atoms with E-state index in [4.69, 9.17) is 0 Å². The van der Waals surface area contributed by atoms with Crippen LogP contribution in [-0.4, -0.2) is 44.5 Å². The SMILES string of the molecule is CN=C(NCCc1cccc(C(=O)N(C)C)c1)NC(C)c1cccc2ccccc12. The molecule has 3 aromatic carbocycles. The summed E-state index contributed by atoms with van der Waals surface area (Å²) in [6.07, 6.45) is 0.803. The average molecular weight is 403 g/mol. The highest BCUT2D eigenvalue weighted by Gasteiger charge is 2.11. The Morgan fingerprint density at radius 2 is 1.77 bits per heavy atom. The van der Waals surface area contributed by atoms with E-state index in [9.17, 15) is 4.79 Å². The monoisotopic (exact) mass is 402 g/mol. The maximum absolute atomic E-state index is 12.2.